The Bertz CT molecular complexity index is 530. The zero-order chi connectivity index (χ0) is 16.7. The molecule has 6 nitrogen and oxygen atoms in total. The summed E-state index contributed by atoms with van der Waals surface area (Å²) < 4.78 is 5.59. The second-order valence-corrected chi connectivity index (χ2v) is 5.79. The van der Waals surface area contributed by atoms with E-state index in [1.54, 1.807) is 4.90 Å². The van der Waals surface area contributed by atoms with Crippen molar-refractivity contribution in [1.29, 1.82) is 0 Å². The van der Waals surface area contributed by atoms with E-state index in [-0.39, 0.29) is 18.0 Å². The maximum Gasteiger partial charge on any atom is 0.321 e. The summed E-state index contributed by atoms with van der Waals surface area (Å²) >= 11 is 0. The summed E-state index contributed by atoms with van der Waals surface area (Å²) in [7, 11) is 0. The van der Waals surface area contributed by atoms with E-state index < -0.39 is 0 Å². The van der Waals surface area contributed by atoms with Crippen LogP contribution in [0.2, 0.25) is 0 Å². The number of likely N-dealkylation sites (tertiary alicyclic amines) is 1. The average molecular weight is 319 g/mol. The number of nitrogens with zero attached hydrogens (tertiary/aromatic N) is 1. The number of anilines is 1. The highest BCUT2D eigenvalue weighted by atomic mass is 16.5. The molecule has 126 valence electrons. The summed E-state index contributed by atoms with van der Waals surface area (Å²) in [6.07, 6.45) is 2.92. The fraction of sp³-hybridized carbons (Fsp3) is 0.529. The Labute approximate surface area is 137 Å². The number of hydrogen-bond acceptors (Lipinski definition) is 3. The lowest BCUT2D eigenvalue weighted by Crippen LogP contribution is -2.38. The smallest absolute Gasteiger partial charge is 0.321 e. The molecule has 0 radical (unpaired) electrons. The number of hydrogen-bond donors (Lipinski definition) is 2. The van der Waals surface area contributed by atoms with Crippen LogP contribution in [0.1, 0.15) is 33.1 Å². The zero-order valence-electron chi connectivity index (χ0n) is 13.8. The van der Waals surface area contributed by atoms with E-state index >= 15 is 0 Å². The maximum absolute atomic E-state index is 12.2. The molecule has 0 bridgehead atoms. The second-order valence-electron chi connectivity index (χ2n) is 5.79. The van der Waals surface area contributed by atoms with Gasteiger partial charge in [-0.05, 0) is 37.1 Å². The molecule has 0 saturated carbocycles. The van der Waals surface area contributed by atoms with E-state index in [0.717, 1.165) is 30.7 Å². The van der Waals surface area contributed by atoms with E-state index in [9.17, 15) is 9.59 Å². The molecule has 1 atom stereocenters. The summed E-state index contributed by atoms with van der Waals surface area (Å²) in [6, 6.07) is 7.29. The first kappa shape index (κ1) is 17.1. The van der Waals surface area contributed by atoms with Crippen LogP contribution in [0.25, 0.3) is 0 Å². The van der Waals surface area contributed by atoms with Crippen molar-refractivity contribution < 1.29 is 14.3 Å². The first-order valence-corrected chi connectivity index (χ1v) is 8.14. The minimum atomic E-state index is -0.141. The minimum Gasteiger partial charge on any atom is -0.494 e. The molecule has 6 heteroatoms. The van der Waals surface area contributed by atoms with Crippen LogP contribution in [0, 0.1) is 0 Å². The standard InChI is InChI=1S/C17H25N3O3/c1-3-4-11-23-16-7-5-14(6-8-16)19-17(22)20-10-9-15(12-20)18-13(2)21/h5-8,15H,3-4,9-12H2,1-2H3,(H,18,21)(H,19,22)/t15-/m1/s1. The fourth-order valence-corrected chi connectivity index (χ4v) is 2.52. The number of unbranched alkanes of at least 4 members (excludes halogenated alkanes) is 1. The Hall–Kier alpha value is -2.24. The summed E-state index contributed by atoms with van der Waals surface area (Å²) in [5.41, 5.74) is 0.737. The molecule has 1 aromatic rings. The van der Waals surface area contributed by atoms with Crippen molar-refractivity contribution in [1.82, 2.24) is 10.2 Å². The predicted molar refractivity (Wildman–Crippen MR) is 89.7 cm³/mol. The zero-order valence-corrected chi connectivity index (χ0v) is 13.8. The Morgan fingerprint density at radius 1 is 1.30 bits per heavy atom. The molecular weight excluding hydrogens is 294 g/mol. The number of nitrogens with one attached hydrogen (secondary N) is 2. The van der Waals surface area contributed by atoms with Gasteiger partial charge in [0.05, 0.1) is 6.61 Å². The molecule has 0 aliphatic carbocycles. The fourth-order valence-electron chi connectivity index (χ4n) is 2.52. The lowest BCUT2D eigenvalue weighted by Gasteiger charge is -2.17. The van der Waals surface area contributed by atoms with Gasteiger partial charge in [-0.25, -0.2) is 4.79 Å². The van der Waals surface area contributed by atoms with Gasteiger partial charge in [0.15, 0.2) is 0 Å². The first-order chi connectivity index (χ1) is 11.1. The maximum atomic E-state index is 12.2. The second kappa shape index (κ2) is 8.41. The van der Waals surface area contributed by atoms with Crippen LogP contribution in [0.15, 0.2) is 24.3 Å². The van der Waals surface area contributed by atoms with Crippen molar-refractivity contribution in [3.63, 3.8) is 0 Å². The number of benzene rings is 1. The molecule has 0 unspecified atom stereocenters. The van der Waals surface area contributed by atoms with Crippen LogP contribution in [0.4, 0.5) is 10.5 Å². The van der Waals surface area contributed by atoms with E-state index in [2.05, 4.69) is 17.6 Å². The topological polar surface area (TPSA) is 70.7 Å². The normalized spacial score (nSPS) is 17.0. The van der Waals surface area contributed by atoms with Gasteiger partial charge in [-0.2, -0.15) is 0 Å². The molecule has 2 rings (SSSR count). The Morgan fingerprint density at radius 2 is 2.04 bits per heavy atom. The number of carbonyl (C=O) groups excluding carboxylic acids is 2. The van der Waals surface area contributed by atoms with Crippen LogP contribution in [-0.4, -0.2) is 42.6 Å². The number of amides is 3. The summed E-state index contributed by atoms with van der Waals surface area (Å²) in [5, 5.41) is 5.72. The van der Waals surface area contributed by atoms with Gasteiger partial charge >= 0.3 is 6.03 Å². The third-order valence-electron chi connectivity index (χ3n) is 3.76. The monoisotopic (exact) mass is 319 g/mol. The van der Waals surface area contributed by atoms with Crippen molar-refractivity contribution in [3.8, 4) is 5.75 Å². The van der Waals surface area contributed by atoms with Crippen molar-refractivity contribution >= 4 is 17.6 Å². The van der Waals surface area contributed by atoms with Crippen molar-refractivity contribution in [3.05, 3.63) is 24.3 Å². The van der Waals surface area contributed by atoms with Crippen molar-refractivity contribution in [2.45, 2.75) is 39.2 Å². The van der Waals surface area contributed by atoms with E-state index in [0.29, 0.717) is 19.7 Å². The lowest BCUT2D eigenvalue weighted by molar-refractivity contribution is -0.119. The van der Waals surface area contributed by atoms with Crippen LogP contribution in [0.3, 0.4) is 0 Å². The van der Waals surface area contributed by atoms with Gasteiger partial charge in [0.2, 0.25) is 5.91 Å². The third kappa shape index (κ3) is 5.47. The Balaban J connectivity index is 1.80. The SMILES string of the molecule is CCCCOc1ccc(NC(=O)N2CC[C@@H](NC(C)=O)C2)cc1. The van der Waals surface area contributed by atoms with Gasteiger partial charge in [0.25, 0.3) is 0 Å². The Morgan fingerprint density at radius 3 is 2.70 bits per heavy atom. The lowest BCUT2D eigenvalue weighted by atomic mass is 10.3. The number of carbonyl (C=O) groups is 2. The average Bonchev–Trinajstić information content (AvgIpc) is 2.97. The van der Waals surface area contributed by atoms with Gasteiger partial charge in [-0.1, -0.05) is 13.3 Å². The molecule has 0 spiro atoms. The molecular formula is C17H25N3O3. The predicted octanol–water partition coefficient (Wildman–Crippen LogP) is 2.61. The van der Waals surface area contributed by atoms with Crippen molar-refractivity contribution in [2.24, 2.45) is 0 Å². The van der Waals surface area contributed by atoms with Crippen LogP contribution >= 0.6 is 0 Å². The van der Waals surface area contributed by atoms with E-state index in [1.807, 2.05) is 24.3 Å². The van der Waals surface area contributed by atoms with E-state index in [4.69, 9.17) is 4.74 Å². The molecule has 0 aromatic heterocycles. The molecule has 1 aliphatic heterocycles. The molecule has 1 heterocycles. The van der Waals surface area contributed by atoms with E-state index in [1.165, 1.54) is 6.92 Å². The molecule has 1 aliphatic rings. The molecule has 1 aromatic carbocycles. The molecule has 2 N–H and O–H groups in total. The largest absolute Gasteiger partial charge is 0.494 e. The Kier molecular flexibility index (Phi) is 6.26. The molecule has 1 saturated heterocycles. The highest BCUT2D eigenvalue weighted by molar-refractivity contribution is 5.89. The van der Waals surface area contributed by atoms with Crippen LogP contribution in [0.5, 0.6) is 5.75 Å². The highest BCUT2D eigenvalue weighted by Gasteiger charge is 2.26. The minimum absolute atomic E-state index is 0.0487. The molecule has 23 heavy (non-hydrogen) atoms. The quantitative estimate of drug-likeness (QED) is 0.792. The number of rotatable bonds is 6. The van der Waals surface area contributed by atoms with Gasteiger partial charge in [-0.15, -0.1) is 0 Å². The third-order valence-corrected chi connectivity index (χ3v) is 3.76. The van der Waals surface area contributed by atoms with Gasteiger partial charge in [0.1, 0.15) is 5.75 Å². The summed E-state index contributed by atoms with van der Waals surface area (Å²) in [4.78, 5) is 25.0. The number of urea groups is 1. The van der Waals surface area contributed by atoms with Gasteiger partial charge in [-0.3, -0.25) is 4.79 Å². The summed E-state index contributed by atoms with van der Waals surface area (Å²) in [6.45, 7) is 5.52. The summed E-state index contributed by atoms with van der Waals surface area (Å²) in [5.74, 6) is 0.749. The van der Waals surface area contributed by atoms with Crippen molar-refractivity contribution in [2.75, 3.05) is 25.0 Å². The van der Waals surface area contributed by atoms with Crippen LogP contribution in [-0.2, 0) is 4.79 Å². The van der Waals surface area contributed by atoms with Crippen LogP contribution < -0.4 is 15.4 Å². The molecule has 1 fully saturated rings. The van der Waals surface area contributed by atoms with Gasteiger partial charge in [0, 0.05) is 31.7 Å². The highest BCUT2D eigenvalue weighted by Crippen LogP contribution is 2.17. The molecule has 3 amide bonds. The first-order valence-electron chi connectivity index (χ1n) is 8.14. The van der Waals surface area contributed by atoms with Gasteiger partial charge < -0.3 is 20.3 Å². The number of ether oxygens (including phenoxy) is 1.